The number of rotatable bonds is 4. The average molecular weight is 362 g/mol. The van der Waals surface area contributed by atoms with Crippen molar-refractivity contribution in [1.82, 2.24) is 5.32 Å². The predicted octanol–water partition coefficient (Wildman–Crippen LogP) is 4.01. The molecule has 0 radical (unpaired) electrons. The van der Waals surface area contributed by atoms with Gasteiger partial charge in [0, 0.05) is 17.2 Å². The van der Waals surface area contributed by atoms with Gasteiger partial charge in [0.25, 0.3) is 0 Å². The van der Waals surface area contributed by atoms with Gasteiger partial charge in [0.05, 0.1) is 5.33 Å². The third-order valence-electron chi connectivity index (χ3n) is 3.59. The molecule has 1 amide bonds. The van der Waals surface area contributed by atoms with Crippen molar-refractivity contribution in [2.24, 2.45) is 0 Å². The summed E-state index contributed by atoms with van der Waals surface area (Å²) in [6, 6.07) is 10.8. The van der Waals surface area contributed by atoms with E-state index in [0.29, 0.717) is 11.9 Å². The van der Waals surface area contributed by atoms with Crippen LogP contribution in [-0.2, 0) is 11.2 Å². The van der Waals surface area contributed by atoms with Crippen LogP contribution in [0, 0.1) is 0 Å². The molecule has 2 aromatic carbocycles. The normalized spacial score (nSPS) is 13.2. The molecule has 0 bridgehead atoms. The van der Waals surface area contributed by atoms with Gasteiger partial charge in [-0.1, -0.05) is 52.3 Å². The van der Waals surface area contributed by atoms with E-state index in [4.69, 9.17) is 0 Å². The van der Waals surface area contributed by atoms with Crippen molar-refractivity contribution in [2.45, 2.75) is 11.3 Å². The lowest BCUT2D eigenvalue weighted by Crippen LogP contribution is -2.26. The minimum atomic E-state index is 0.0349. The van der Waals surface area contributed by atoms with Gasteiger partial charge in [-0.25, -0.2) is 0 Å². The molecule has 2 nitrogen and oxygen atoms in total. The van der Waals surface area contributed by atoms with Crippen molar-refractivity contribution in [3.05, 3.63) is 47.5 Å². The van der Waals surface area contributed by atoms with Gasteiger partial charge in [-0.05, 0) is 34.4 Å². The Balaban J connectivity index is 1.95. The first-order valence-electron chi connectivity index (χ1n) is 6.96. The van der Waals surface area contributed by atoms with Crippen LogP contribution in [0.4, 0.5) is 0 Å². The van der Waals surface area contributed by atoms with Gasteiger partial charge in [0.2, 0.25) is 5.91 Å². The number of hydrogen-bond donors (Lipinski definition) is 1. The first-order valence-corrected chi connectivity index (χ1v) is 9.07. The Morgan fingerprint density at radius 1 is 1.29 bits per heavy atom. The van der Waals surface area contributed by atoms with Crippen LogP contribution < -0.4 is 5.32 Å². The summed E-state index contributed by atoms with van der Waals surface area (Å²) in [5, 5.41) is 5.87. The van der Waals surface area contributed by atoms with Gasteiger partial charge in [-0.3, -0.25) is 4.79 Å². The van der Waals surface area contributed by atoms with Gasteiger partial charge in [0.15, 0.2) is 0 Å². The first kappa shape index (κ1) is 14.7. The van der Waals surface area contributed by atoms with Crippen LogP contribution in [0.15, 0.2) is 41.3 Å². The first-order chi connectivity index (χ1) is 10.3. The summed E-state index contributed by atoms with van der Waals surface area (Å²) in [6.07, 6.45) is 5.30. The van der Waals surface area contributed by atoms with Crippen molar-refractivity contribution in [2.75, 3.05) is 17.6 Å². The highest BCUT2D eigenvalue weighted by Crippen LogP contribution is 2.35. The average Bonchev–Trinajstić information content (AvgIpc) is 2.54. The van der Waals surface area contributed by atoms with E-state index in [1.165, 1.54) is 26.8 Å². The molecule has 1 N–H and O–H groups in total. The summed E-state index contributed by atoms with van der Waals surface area (Å²) in [7, 11) is 0. The Bertz CT molecular complexity index is 711. The SMILES string of the molecule is O=C(CBr)NCCc1cccc2ccc3c(c12)C=CCS3. The second-order valence-corrected chi connectivity index (χ2v) is 6.56. The molecule has 0 atom stereocenters. The second kappa shape index (κ2) is 6.67. The maximum Gasteiger partial charge on any atom is 0.230 e. The van der Waals surface area contributed by atoms with Crippen LogP contribution in [0.25, 0.3) is 16.8 Å². The third kappa shape index (κ3) is 3.16. The van der Waals surface area contributed by atoms with E-state index in [9.17, 15) is 4.79 Å². The van der Waals surface area contributed by atoms with Crippen molar-refractivity contribution < 1.29 is 4.79 Å². The van der Waals surface area contributed by atoms with E-state index >= 15 is 0 Å². The van der Waals surface area contributed by atoms with Crippen LogP contribution >= 0.6 is 27.7 Å². The van der Waals surface area contributed by atoms with Gasteiger partial charge >= 0.3 is 0 Å². The maximum absolute atomic E-state index is 11.3. The molecule has 4 heteroatoms. The Kier molecular flexibility index (Phi) is 4.66. The molecular formula is C17H16BrNOS. The zero-order valence-electron chi connectivity index (χ0n) is 11.6. The molecule has 1 heterocycles. The highest BCUT2D eigenvalue weighted by molar-refractivity contribution is 9.09. The Labute approximate surface area is 137 Å². The fourth-order valence-corrected chi connectivity index (χ4v) is 3.71. The highest BCUT2D eigenvalue weighted by Gasteiger charge is 2.12. The van der Waals surface area contributed by atoms with E-state index in [-0.39, 0.29) is 5.91 Å². The molecule has 21 heavy (non-hydrogen) atoms. The molecule has 0 spiro atoms. The third-order valence-corrected chi connectivity index (χ3v) is 5.12. The van der Waals surface area contributed by atoms with Crippen LogP contribution in [0.2, 0.25) is 0 Å². The molecule has 2 aromatic rings. The van der Waals surface area contributed by atoms with E-state index in [0.717, 1.165) is 12.2 Å². The number of halogens is 1. The van der Waals surface area contributed by atoms with Gasteiger partial charge in [-0.2, -0.15) is 0 Å². The van der Waals surface area contributed by atoms with Gasteiger partial charge in [0.1, 0.15) is 0 Å². The Morgan fingerprint density at radius 2 is 2.19 bits per heavy atom. The number of benzene rings is 2. The van der Waals surface area contributed by atoms with Crippen LogP contribution in [-0.4, -0.2) is 23.5 Å². The smallest absolute Gasteiger partial charge is 0.230 e. The molecule has 3 rings (SSSR count). The van der Waals surface area contributed by atoms with Crippen molar-refractivity contribution in [3.63, 3.8) is 0 Å². The van der Waals surface area contributed by atoms with Gasteiger partial charge in [-0.15, -0.1) is 11.8 Å². The molecule has 1 aliphatic rings. The fraction of sp³-hybridized carbons (Fsp3) is 0.235. The minimum Gasteiger partial charge on any atom is -0.355 e. The van der Waals surface area contributed by atoms with Crippen LogP contribution in [0.5, 0.6) is 0 Å². The zero-order valence-corrected chi connectivity index (χ0v) is 14.0. The molecule has 0 aliphatic carbocycles. The lowest BCUT2D eigenvalue weighted by molar-refractivity contribution is -0.118. The topological polar surface area (TPSA) is 29.1 Å². The Morgan fingerprint density at radius 3 is 3.05 bits per heavy atom. The molecule has 0 aromatic heterocycles. The standard InChI is InChI=1S/C17H16BrNOS/c18-11-16(20)19-9-8-13-4-1-3-12-6-7-15-14(17(12)13)5-2-10-21-15/h1-7H,8-11H2,(H,19,20). The monoisotopic (exact) mass is 361 g/mol. The number of alkyl halides is 1. The summed E-state index contributed by atoms with van der Waals surface area (Å²) in [4.78, 5) is 12.7. The van der Waals surface area contributed by atoms with Crippen molar-refractivity contribution in [3.8, 4) is 0 Å². The summed E-state index contributed by atoms with van der Waals surface area (Å²) in [6.45, 7) is 0.671. The number of hydrogen-bond acceptors (Lipinski definition) is 2. The molecule has 1 aliphatic heterocycles. The van der Waals surface area contributed by atoms with E-state index in [1.54, 1.807) is 0 Å². The molecule has 0 saturated heterocycles. The maximum atomic E-state index is 11.3. The molecular weight excluding hydrogens is 346 g/mol. The lowest BCUT2D eigenvalue weighted by atomic mass is 9.97. The van der Waals surface area contributed by atoms with Gasteiger partial charge < -0.3 is 5.32 Å². The molecule has 108 valence electrons. The number of nitrogens with one attached hydrogen (secondary N) is 1. The quantitative estimate of drug-likeness (QED) is 0.833. The summed E-state index contributed by atoms with van der Waals surface area (Å²) in [5.41, 5.74) is 2.62. The largest absolute Gasteiger partial charge is 0.355 e. The number of carbonyl (C=O) groups is 1. The predicted molar refractivity (Wildman–Crippen MR) is 94.2 cm³/mol. The number of thioether (sulfide) groups is 1. The number of fused-ring (bicyclic) bond motifs is 3. The summed E-state index contributed by atoms with van der Waals surface area (Å²) in [5.74, 6) is 1.08. The van der Waals surface area contributed by atoms with Crippen molar-refractivity contribution >= 4 is 50.4 Å². The number of carbonyl (C=O) groups excluding carboxylic acids is 1. The fourth-order valence-electron chi connectivity index (χ4n) is 2.65. The summed E-state index contributed by atoms with van der Waals surface area (Å²) >= 11 is 5.05. The highest BCUT2D eigenvalue weighted by atomic mass is 79.9. The van der Waals surface area contributed by atoms with Crippen LogP contribution in [0.3, 0.4) is 0 Å². The minimum absolute atomic E-state index is 0.0349. The summed E-state index contributed by atoms with van der Waals surface area (Å²) < 4.78 is 0. The zero-order chi connectivity index (χ0) is 14.7. The molecule has 0 unspecified atom stereocenters. The number of amides is 1. The molecule has 0 fully saturated rings. The van der Waals surface area contributed by atoms with E-state index < -0.39 is 0 Å². The van der Waals surface area contributed by atoms with E-state index in [1.807, 2.05) is 11.8 Å². The van der Waals surface area contributed by atoms with E-state index in [2.05, 4.69) is 63.7 Å². The lowest BCUT2D eigenvalue weighted by Gasteiger charge is -2.16. The van der Waals surface area contributed by atoms with Crippen molar-refractivity contribution in [1.29, 1.82) is 0 Å². The van der Waals surface area contributed by atoms with Crippen LogP contribution in [0.1, 0.15) is 11.1 Å². The Hall–Kier alpha value is -1.26. The molecule has 0 saturated carbocycles. The second-order valence-electron chi connectivity index (χ2n) is 4.94.